The van der Waals surface area contributed by atoms with Crippen LogP contribution in [0.25, 0.3) is 0 Å². The third-order valence-electron chi connectivity index (χ3n) is 2.96. The number of β-amino-alcohol motifs (C(OH)–C–C–N with tert-alkyl or cyclic N) is 2. The lowest BCUT2D eigenvalue weighted by atomic mass is 10.4. The number of imide groups is 2. The Hall–Kier alpha value is -1.80. The Morgan fingerprint density at radius 3 is 1.10 bits per heavy atom. The molecule has 0 bridgehead atoms. The second kappa shape index (κ2) is 7.71. The lowest BCUT2D eigenvalue weighted by molar-refractivity contribution is -0.140. The van der Waals surface area contributed by atoms with Gasteiger partial charge in [0, 0.05) is 25.7 Å². The molecule has 2 aliphatic rings. The highest BCUT2D eigenvalue weighted by molar-refractivity contribution is 6.02. The monoisotopic (exact) mass is 286 g/mol. The second-order valence-corrected chi connectivity index (χ2v) is 4.33. The van der Waals surface area contributed by atoms with Gasteiger partial charge in [-0.05, 0) is 0 Å². The number of nitrogens with zero attached hydrogens (tertiary/aromatic N) is 2. The summed E-state index contributed by atoms with van der Waals surface area (Å²) in [4.78, 5) is 45.3. The number of carbonyl (C=O) groups excluding carboxylic acids is 4. The van der Waals surface area contributed by atoms with E-state index in [0.717, 1.165) is 9.80 Å². The first-order chi connectivity index (χ1) is 9.51. The fourth-order valence-electron chi connectivity index (χ4n) is 1.94. The van der Waals surface area contributed by atoms with Gasteiger partial charge < -0.3 is 10.2 Å². The molecule has 112 valence electrons. The van der Waals surface area contributed by atoms with Gasteiger partial charge >= 0.3 is 0 Å². The average molecular weight is 286 g/mol. The number of amides is 4. The summed E-state index contributed by atoms with van der Waals surface area (Å²) in [6.45, 7) is 0.0181. The van der Waals surface area contributed by atoms with E-state index in [1.165, 1.54) is 0 Å². The predicted molar refractivity (Wildman–Crippen MR) is 66.1 cm³/mol. The van der Waals surface area contributed by atoms with Crippen molar-refractivity contribution in [3.05, 3.63) is 0 Å². The van der Waals surface area contributed by atoms with E-state index in [2.05, 4.69) is 0 Å². The zero-order chi connectivity index (χ0) is 15.1. The van der Waals surface area contributed by atoms with Gasteiger partial charge in [-0.15, -0.1) is 0 Å². The molecular formula is C12H18N2O6. The van der Waals surface area contributed by atoms with Crippen LogP contribution >= 0.6 is 0 Å². The molecule has 0 aromatic carbocycles. The highest BCUT2D eigenvalue weighted by Crippen LogP contribution is 2.10. The molecule has 0 aromatic heterocycles. The molecule has 8 nitrogen and oxygen atoms in total. The van der Waals surface area contributed by atoms with Crippen LogP contribution in [0, 0.1) is 0 Å². The lowest BCUT2D eigenvalue weighted by Gasteiger charge is -2.10. The van der Waals surface area contributed by atoms with Crippen molar-refractivity contribution in [2.75, 3.05) is 26.3 Å². The van der Waals surface area contributed by atoms with E-state index in [9.17, 15) is 19.2 Å². The molecule has 8 heteroatoms. The molecule has 4 amide bonds. The largest absolute Gasteiger partial charge is 0.395 e. The fourth-order valence-corrected chi connectivity index (χ4v) is 1.94. The van der Waals surface area contributed by atoms with Crippen molar-refractivity contribution in [1.29, 1.82) is 0 Å². The number of aliphatic hydroxyl groups excluding tert-OH is 2. The molecule has 2 rings (SSSR count). The number of hydrogen-bond donors (Lipinski definition) is 2. The molecule has 20 heavy (non-hydrogen) atoms. The van der Waals surface area contributed by atoms with E-state index in [1.54, 1.807) is 0 Å². The van der Waals surface area contributed by atoms with Crippen LogP contribution < -0.4 is 0 Å². The van der Waals surface area contributed by atoms with E-state index >= 15 is 0 Å². The fraction of sp³-hybridized carbons (Fsp3) is 0.667. The Kier molecular flexibility index (Phi) is 6.26. The molecule has 2 N–H and O–H groups in total. The van der Waals surface area contributed by atoms with Crippen LogP contribution in [0.1, 0.15) is 25.7 Å². The Balaban J connectivity index is 0.000000200. The van der Waals surface area contributed by atoms with Crippen LogP contribution in [0.15, 0.2) is 0 Å². The smallest absolute Gasteiger partial charge is 0.229 e. The van der Waals surface area contributed by atoms with Gasteiger partial charge in [0.15, 0.2) is 0 Å². The number of carbonyl (C=O) groups is 4. The van der Waals surface area contributed by atoms with Crippen molar-refractivity contribution >= 4 is 23.6 Å². The summed E-state index contributed by atoms with van der Waals surface area (Å²) >= 11 is 0. The van der Waals surface area contributed by atoms with Crippen LogP contribution in [-0.2, 0) is 19.2 Å². The molecule has 0 aliphatic carbocycles. The maximum absolute atomic E-state index is 10.8. The van der Waals surface area contributed by atoms with Crippen LogP contribution in [0.5, 0.6) is 0 Å². The van der Waals surface area contributed by atoms with Crippen molar-refractivity contribution in [1.82, 2.24) is 9.80 Å². The van der Waals surface area contributed by atoms with Crippen LogP contribution in [-0.4, -0.2) is 69.9 Å². The molecular weight excluding hydrogens is 268 g/mol. The summed E-state index contributed by atoms with van der Waals surface area (Å²) < 4.78 is 0. The summed E-state index contributed by atoms with van der Waals surface area (Å²) in [5.74, 6) is -0.670. The third kappa shape index (κ3) is 4.10. The van der Waals surface area contributed by atoms with E-state index < -0.39 is 0 Å². The number of likely N-dealkylation sites (tertiary alicyclic amines) is 2. The Morgan fingerprint density at radius 1 is 0.650 bits per heavy atom. The minimum Gasteiger partial charge on any atom is -0.395 e. The van der Waals surface area contributed by atoms with Gasteiger partial charge in [-0.25, -0.2) is 0 Å². The quantitative estimate of drug-likeness (QED) is 0.592. The Labute approximate surface area is 116 Å². The second-order valence-electron chi connectivity index (χ2n) is 4.33. The highest BCUT2D eigenvalue weighted by atomic mass is 16.3. The SMILES string of the molecule is O=C1CCC(=O)N1CCO.O=C1CCC(=O)N1CCO. The molecule has 2 aliphatic heterocycles. The maximum Gasteiger partial charge on any atom is 0.229 e. The summed E-state index contributed by atoms with van der Waals surface area (Å²) in [7, 11) is 0. The molecule has 0 unspecified atom stereocenters. The summed E-state index contributed by atoms with van der Waals surface area (Å²) in [5.41, 5.74) is 0. The first-order valence-electron chi connectivity index (χ1n) is 6.39. The lowest BCUT2D eigenvalue weighted by Crippen LogP contribution is -2.31. The highest BCUT2D eigenvalue weighted by Gasteiger charge is 2.28. The van der Waals surface area contributed by atoms with E-state index in [1.807, 2.05) is 0 Å². The van der Waals surface area contributed by atoms with Gasteiger partial charge in [0.25, 0.3) is 0 Å². The van der Waals surface area contributed by atoms with Crippen LogP contribution in [0.4, 0.5) is 0 Å². The summed E-state index contributed by atoms with van der Waals surface area (Å²) in [6.07, 6.45) is 1.22. The van der Waals surface area contributed by atoms with Gasteiger partial charge in [-0.2, -0.15) is 0 Å². The van der Waals surface area contributed by atoms with Crippen molar-refractivity contribution in [2.24, 2.45) is 0 Å². The standard InChI is InChI=1S/2C6H9NO3/c2*8-4-3-7-5(9)1-2-6(7)10/h2*8H,1-4H2. The zero-order valence-corrected chi connectivity index (χ0v) is 11.1. The van der Waals surface area contributed by atoms with Crippen LogP contribution in [0.3, 0.4) is 0 Å². The molecule has 0 radical (unpaired) electrons. The third-order valence-corrected chi connectivity index (χ3v) is 2.96. The first-order valence-corrected chi connectivity index (χ1v) is 6.39. The molecule has 2 heterocycles. The molecule has 0 aromatic rings. The van der Waals surface area contributed by atoms with E-state index in [0.29, 0.717) is 25.7 Å². The van der Waals surface area contributed by atoms with Gasteiger partial charge in [0.05, 0.1) is 26.3 Å². The molecule has 0 spiro atoms. The van der Waals surface area contributed by atoms with Crippen molar-refractivity contribution in [2.45, 2.75) is 25.7 Å². The minimum atomic E-state index is -0.168. The predicted octanol–water partition coefficient (Wildman–Crippen LogP) is -1.74. The van der Waals surface area contributed by atoms with Crippen molar-refractivity contribution in [3.63, 3.8) is 0 Å². The van der Waals surface area contributed by atoms with Gasteiger partial charge in [-0.3, -0.25) is 29.0 Å². The molecule has 2 saturated heterocycles. The summed E-state index contributed by atoms with van der Waals surface area (Å²) in [5, 5.41) is 16.8. The Bertz CT molecular complexity index is 339. The topological polar surface area (TPSA) is 115 Å². The van der Waals surface area contributed by atoms with Crippen molar-refractivity contribution in [3.8, 4) is 0 Å². The molecule has 0 saturated carbocycles. The van der Waals surface area contributed by atoms with Gasteiger partial charge in [0.2, 0.25) is 23.6 Å². The molecule has 0 atom stereocenters. The van der Waals surface area contributed by atoms with Gasteiger partial charge in [-0.1, -0.05) is 0 Å². The zero-order valence-electron chi connectivity index (χ0n) is 11.1. The molecule has 2 fully saturated rings. The van der Waals surface area contributed by atoms with Gasteiger partial charge in [0.1, 0.15) is 0 Å². The minimum absolute atomic E-state index is 0.141. The summed E-state index contributed by atoms with van der Waals surface area (Å²) in [6, 6.07) is 0. The average Bonchev–Trinajstić information content (AvgIpc) is 2.90. The van der Waals surface area contributed by atoms with Crippen molar-refractivity contribution < 1.29 is 29.4 Å². The Morgan fingerprint density at radius 2 is 0.900 bits per heavy atom. The van der Waals surface area contributed by atoms with E-state index in [4.69, 9.17) is 10.2 Å². The van der Waals surface area contributed by atoms with Crippen LogP contribution in [0.2, 0.25) is 0 Å². The number of rotatable bonds is 4. The normalized spacial score (nSPS) is 18.7. The first kappa shape index (κ1) is 16.3. The number of aliphatic hydroxyl groups is 2. The maximum atomic E-state index is 10.8. The van der Waals surface area contributed by atoms with E-state index in [-0.39, 0.29) is 49.9 Å². The number of hydrogen-bond acceptors (Lipinski definition) is 6.